The van der Waals surface area contributed by atoms with Crippen molar-refractivity contribution in [1.82, 2.24) is 9.80 Å². The monoisotopic (exact) mass is 348 g/mol. The van der Waals surface area contributed by atoms with Gasteiger partial charge in [0.15, 0.2) is 0 Å². The van der Waals surface area contributed by atoms with Crippen molar-refractivity contribution in [3.05, 3.63) is 29.8 Å². The van der Waals surface area contributed by atoms with E-state index in [9.17, 15) is 5.11 Å². The SMILES string of the molecule is CC(C)N(C)Cc1ccccc1OCC(O)CN(C)C1CCCCC1. The summed E-state index contributed by atoms with van der Waals surface area (Å²) in [6, 6.07) is 9.26. The van der Waals surface area contributed by atoms with E-state index in [0.717, 1.165) is 12.3 Å². The highest BCUT2D eigenvalue weighted by Crippen LogP contribution is 2.23. The normalized spacial score (nSPS) is 17.4. The van der Waals surface area contributed by atoms with Crippen LogP contribution in [-0.4, -0.2) is 60.3 Å². The van der Waals surface area contributed by atoms with E-state index in [4.69, 9.17) is 4.74 Å². The summed E-state index contributed by atoms with van der Waals surface area (Å²) in [5.74, 6) is 0.884. The van der Waals surface area contributed by atoms with Crippen molar-refractivity contribution in [2.75, 3.05) is 27.2 Å². The van der Waals surface area contributed by atoms with Crippen LogP contribution >= 0.6 is 0 Å². The van der Waals surface area contributed by atoms with Gasteiger partial charge in [0.2, 0.25) is 0 Å². The molecule has 2 rings (SSSR count). The first-order chi connectivity index (χ1) is 12.0. The number of ether oxygens (including phenoxy) is 1. The molecule has 0 saturated heterocycles. The average molecular weight is 349 g/mol. The molecule has 0 aromatic heterocycles. The maximum Gasteiger partial charge on any atom is 0.123 e. The number of para-hydroxylation sites is 1. The Labute approximate surface area is 153 Å². The molecule has 25 heavy (non-hydrogen) atoms. The minimum absolute atomic E-state index is 0.347. The van der Waals surface area contributed by atoms with E-state index in [1.54, 1.807) is 0 Å². The molecule has 0 bridgehead atoms. The Morgan fingerprint density at radius 1 is 1.12 bits per heavy atom. The van der Waals surface area contributed by atoms with Gasteiger partial charge in [0.05, 0.1) is 0 Å². The van der Waals surface area contributed by atoms with E-state index in [-0.39, 0.29) is 0 Å². The molecule has 1 aromatic carbocycles. The van der Waals surface area contributed by atoms with Gasteiger partial charge in [-0.05, 0) is 46.9 Å². The van der Waals surface area contributed by atoms with Crippen LogP contribution in [0, 0.1) is 0 Å². The molecular weight excluding hydrogens is 312 g/mol. The van der Waals surface area contributed by atoms with Crippen LogP contribution in [0.5, 0.6) is 5.75 Å². The predicted octanol–water partition coefficient (Wildman–Crippen LogP) is 3.53. The van der Waals surface area contributed by atoms with Crippen LogP contribution in [-0.2, 0) is 6.54 Å². The van der Waals surface area contributed by atoms with Crippen LogP contribution in [0.4, 0.5) is 0 Å². The third kappa shape index (κ3) is 6.61. The van der Waals surface area contributed by atoms with Crippen molar-refractivity contribution in [1.29, 1.82) is 0 Å². The first-order valence-electron chi connectivity index (χ1n) is 9.76. The summed E-state index contributed by atoms with van der Waals surface area (Å²) in [6.45, 7) is 6.26. The van der Waals surface area contributed by atoms with Crippen molar-refractivity contribution in [3.63, 3.8) is 0 Å². The van der Waals surface area contributed by atoms with Gasteiger partial charge in [-0.3, -0.25) is 4.90 Å². The Morgan fingerprint density at radius 3 is 2.48 bits per heavy atom. The Kier molecular flexibility index (Phi) is 8.20. The van der Waals surface area contributed by atoms with E-state index in [1.165, 1.54) is 37.7 Å². The third-order valence-corrected chi connectivity index (χ3v) is 5.40. The van der Waals surface area contributed by atoms with Crippen molar-refractivity contribution in [3.8, 4) is 5.75 Å². The smallest absolute Gasteiger partial charge is 0.123 e. The van der Waals surface area contributed by atoms with Gasteiger partial charge in [-0.2, -0.15) is 0 Å². The molecule has 1 aromatic rings. The zero-order valence-electron chi connectivity index (χ0n) is 16.4. The average Bonchev–Trinajstić information content (AvgIpc) is 2.61. The molecule has 1 aliphatic carbocycles. The van der Waals surface area contributed by atoms with Crippen LogP contribution in [0.2, 0.25) is 0 Å². The molecule has 1 saturated carbocycles. The van der Waals surface area contributed by atoms with Crippen molar-refractivity contribution in [2.24, 2.45) is 0 Å². The summed E-state index contributed by atoms with van der Waals surface area (Å²) in [5, 5.41) is 10.4. The van der Waals surface area contributed by atoms with Crippen molar-refractivity contribution < 1.29 is 9.84 Å². The number of aliphatic hydroxyl groups excluding tert-OH is 1. The standard InChI is InChI=1S/C21H36N2O2/c1-17(2)22(3)14-18-10-8-9-13-21(18)25-16-20(24)15-23(4)19-11-6-5-7-12-19/h8-10,13,17,19-20,24H,5-7,11-12,14-16H2,1-4H3. The molecular formula is C21H36N2O2. The van der Waals surface area contributed by atoms with Gasteiger partial charge < -0.3 is 14.7 Å². The highest BCUT2D eigenvalue weighted by atomic mass is 16.5. The lowest BCUT2D eigenvalue weighted by molar-refractivity contribution is 0.0556. The van der Waals surface area contributed by atoms with Gasteiger partial charge in [0.25, 0.3) is 0 Å². The first kappa shape index (κ1) is 20.2. The van der Waals surface area contributed by atoms with Crippen LogP contribution in [0.25, 0.3) is 0 Å². The Bertz CT molecular complexity index is 500. The van der Waals surface area contributed by atoms with Gasteiger partial charge >= 0.3 is 0 Å². The van der Waals surface area contributed by atoms with Gasteiger partial charge in [-0.15, -0.1) is 0 Å². The van der Waals surface area contributed by atoms with Crippen molar-refractivity contribution >= 4 is 0 Å². The predicted molar refractivity (Wildman–Crippen MR) is 104 cm³/mol. The van der Waals surface area contributed by atoms with E-state index in [0.29, 0.717) is 25.2 Å². The maximum absolute atomic E-state index is 10.4. The molecule has 4 heteroatoms. The lowest BCUT2D eigenvalue weighted by Gasteiger charge is -2.32. The summed E-state index contributed by atoms with van der Waals surface area (Å²) < 4.78 is 5.96. The minimum atomic E-state index is -0.456. The molecule has 1 fully saturated rings. The number of likely N-dealkylation sites (N-methyl/N-ethyl adjacent to an activating group) is 1. The molecule has 0 aliphatic heterocycles. The topological polar surface area (TPSA) is 35.9 Å². The fourth-order valence-corrected chi connectivity index (χ4v) is 3.47. The lowest BCUT2D eigenvalue weighted by Crippen LogP contribution is -2.40. The molecule has 1 atom stereocenters. The summed E-state index contributed by atoms with van der Waals surface area (Å²) in [5.41, 5.74) is 1.17. The van der Waals surface area contributed by atoms with E-state index in [1.807, 2.05) is 18.2 Å². The number of rotatable bonds is 9. The van der Waals surface area contributed by atoms with Gasteiger partial charge in [0.1, 0.15) is 18.5 Å². The summed E-state index contributed by atoms with van der Waals surface area (Å²) in [7, 11) is 4.25. The molecule has 1 N–H and O–H groups in total. The number of hydrogen-bond donors (Lipinski definition) is 1. The molecule has 0 amide bonds. The zero-order chi connectivity index (χ0) is 18.2. The fourth-order valence-electron chi connectivity index (χ4n) is 3.47. The Balaban J connectivity index is 1.83. The molecule has 0 radical (unpaired) electrons. The van der Waals surface area contributed by atoms with Gasteiger partial charge in [0, 0.05) is 30.7 Å². The quantitative estimate of drug-likeness (QED) is 0.740. The number of nitrogens with zero attached hydrogens (tertiary/aromatic N) is 2. The van der Waals surface area contributed by atoms with E-state index < -0.39 is 6.10 Å². The number of benzene rings is 1. The highest BCUT2D eigenvalue weighted by Gasteiger charge is 2.20. The molecule has 0 spiro atoms. The number of hydrogen-bond acceptors (Lipinski definition) is 4. The summed E-state index contributed by atoms with van der Waals surface area (Å²) in [4.78, 5) is 4.60. The third-order valence-electron chi connectivity index (χ3n) is 5.40. The van der Waals surface area contributed by atoms with E-state index in [2.05, 4.69) is 43.8 Å². The van der Waals surface area contributed by atoms with Crippen molar-refractivity contribution in [2.45, 2.75) is 70.7 Å². The summed E-state index contributed by atoms with van der Waals surface area (Å²) in [6.07, 6.45) is 6.06. The van der Waals surface area contributed by atoms with Crippen LogP contribution < -0.4 is 4.74 Å². The summed E-state index contributed by atoms with van der Waals surface area (Å²) >= 11 is 0. The fraction of sp³-hybridized carbons (Fsp3) is 0.714. The van der Waals surface area contributed by atoms with Crippen LogP contribution in [0.1, 0.15) is 51.5 Å². The Morgan fingerprint density at radius 2 is 1.80 bits per heavy atom. The Hall–Kier alpha value is -1.10. The number of aliphatic hydroxyl groups is 1. The maximum atomic E-state index is 10.4. The van der Waals surface area contributed by atoms with Crippen LogP contribution in [0.3, 0.4) is 0 Å². The van der Waals surface area contributed by atoms with E-state index >= 15 is 0 Å². The molecule has 1 unspecified atom stereocenters. The second-order valence-corrected chi connectivity index (χ2v) is 7.81. The second-order valence-electron chi connectivity index (χ2n) is 7.81. The van der Waals surface area contributed by atoms with Crippen LogP contribution in [0.15, 0.2) is 24.3 Å². The lowest BCUT2D eigenvalue weighted by atomic mass is 9.94. The second kappa shape index (κ2) is 10.1. The highest BCUT2D eigenvalue weighted by molar-refractivity contribution is 5.33. The first-order valence-corrected chi connectivity index (χ1v) is 9.76. The molecule has 142 valence electrons. The van der Waals surface area contributed by atoms with Gasteiger partial charge in [-0.1, -0.05) is 37.5 Å². The minimum Gasteiger partial charge on any atom is -0.491 e. The molecule has 4 nitrogen and oxygen atoms in total. The largest absolute Gasteiger partial charge is 0.491 e. The van der Waals surface area contributed by atoms with Gasteiger partial charge in [-0.25, -0.2) is 0 Å². The molecule has 1 aliphatic rings. The zero-order valence-corrected chi connectivity index (χ0v) is 16.4. The molecule has 0 heterocycles.